The van der Waals surface area contributed by atoms with E-state index < -0.39 is 11.8 Å². The molecule has 0 saturated carbocycles. The van der Waals surface area contributed by atoms with Crippen LogP contribution in [-0.2, 0) is 4.79 Å². The van der Waals surface area contributed by atoms with Gasteiger partial charge in [-0.3, -0.25) is 19.3 Å². The molecular weight excluding hydrogens is 328 g/mol. The lowest BCUT2D eigenvalue weighted by Crippen LogP contribution is -2.39. The third-order valence-electron chi connectivity index (χ3n) is 3.88. The van der Waals surface area contributed by atoms with Crippen LogP contribution in [0.5, 0.6) is 0 Å². The highest BCUT2D eigenvalue weighted by molar-refractivity contribution is 6.18. The van der Waals surface area contributed by atoms with Crippen molar-refractivity contribution in [3.8, 4) is 0 Å². The van der Waals surface area contributed by atoms with Crippen LogP contribution in [0, 0.1) is 0 Å². The lowest BCUT2D eigenvalue weighted by Gasteiger charge is -2.22. The molecule has 26 heavy (non-hydrogen) atoms. The van der Waals surface area contributed by atoms with Crippen LogP contribution >= 0.6 is 0 Å². The molecule has 2 N–H and O–H groups in total. The minimum Gasteiger partial charge on any atom is -0.330 e. The molecule has 0 atom stereocenters. The Balaban J connectivity index is 2.43. The highest BCUT2D eigenvalue weighted by atomic mass is 16.2. The van der Waals surface area contributed by atoms with Crippen LogP contribution in [0.4, 0.5) is 0 Å². The summed E-state index contributed by atoms with van der Waals surface area (Å²) in [7, 11) is 0. The van der Waals surface area contributed by atoms with Gasteiger partial charge in [0.1, 0.15) is 0 Å². The number of carbonyl (C=O) groups excluding carboxylic acids is 3. The van der Waals surface area contributed by atoms with Crippen LogP contribution < -0.4 is 5.73 Å². The van der Waals surface area contributed by atoms with Gasteiger partial charge in [-0.1, -0.05) is 55.1 Å². The SMILES string of the molecule is C=C(C)C(=O)N(CCCN)C(=O)c1ccccc1C(=O)c1ccccc1. The third-order valence-corrected chi connectivity index (χ3v) is 3.88. The molecular formula is C21H22N2O3. The Bertz CT molecular complexity index is 828. The number of benzene rings is 2. The molecule has 0 aliphatic carbocycles. The number of imide groups is 1. The maximum Gasteiger partial charge on any atom is 0.261 e. The Morgan fingerprint density at radius 1 is 0.962 bits per heavy atom. The summed E-state index contributed by atoms with van der Waals surface area (Å²) in [5.74, 6) is -1.26. The summed E-state index contributed by atoms with van der Waals surface area (Å²) in [5, 5.41) is 0. The second-order valence-corrected chi connectivity index (χ2v) is 5.93. The number of hydrogen-bond donors (Lipinski definition) is 1. The molecule has 5 heteroatoms. The van der Waals surface area contributed by atoms with Crippen LogP contribution in [0.15, 0.2) is 66.7 Å². The number of amides is 2. The standard InChI is InChI=1S/C21H22N2O3/c1-15(2)20(25)23(14-8-13-22)21(26)18-12-7-6-11-17(18)19(24)16-9-4-3-5-10-16/h3-7,9-12H,1,8,13-14,22H2,2H3. The van der Waals surface area contributed by atoms with Gasteiger partial charge in [0.15, 0.2) is 5.78 Å². The monoisotopic (exact) mass is 350 g/mol. The maximum absolute atomic E-state index is 13.0. The van der Waals surface area contributed by atoms with Crippen LogP contribution in [-0.4, -0.2) is 35.6 Å². The molecule has 0 radical (unpaired) electrons. The molecule has 134 valence electrons. The summed E-state index contributed by atoms with van der Waals surface area (Å²) in [6, 6.07) is 15.2. The van der Waals surface area contributed by atoms with E-state index in [4.69, 9.17) is 5.73 Å². The topological polar surface area (TPSA) is 80.5 Å². The first-order valence-corrected chi connectivity index (χ1v) is 8.38. The molecule has 0 heterocycles. The second kappa shape index (κ2) is 8.87. The molecule has 2 rings (SSSR count). The molecule has 0 bridgehead atoms. The van der Waals surface area contributed by atoms with Gasteiger partial charge in [-0.05, 0) is 26.0 Å². The van der Waals surface area contributed by atoms with Gasteiger partial charge in [-0.2, -0.15) is 0 Å². The zero-order chi connectivity index (χ0) is 19.1. The highest BCUT2D eigenvalue weighted by Crippen LogP contribution is 2.18. The predicted octanol–water partition coefficient (Wildman–Crippen LogP) is 2.81. The van der Waals surface area contributed by atoms with E-state index in [-0.39, 0.29) is 29.0 Å². The van der Waals surface area contributed by atoms with E-state index in [0.29, 0.717) is 18.5 Å². The lowest BCUT2D eigenvalue weighted by atomic mass is 9.97. The highest BCUT2D eigenvalue weighted by Gasteiger charge is 2.26. The van der Waals surface area contributed by atoms with Crippen molar-refractivity contribution in [2.45, 2.75) is 13.3 Å². The summed E-state index contributed by atoms with van der Waals surface area (Å²) in [5.41, 5.74) is 6.70. The summed E-state index contributed by atoms with van der Waals surface area (Å²) < 4.78 is 0. The quantitative estimate of drug-likeness (QED) is 0.615. The van der Waals surface area contributed by atoms with Crippen molar-refractivity contribution in [2.75, 3.05) is 13.1 Å². The molecule has 0 aliphatic rings. The molecule has 0 saturated heterocycles. The summed E-state index contributed by atoms with van der Waals surface area (Å²) in [4.78, 5) is 39.3. The van der Waals surface area contributed by atoms with Crippen LogP contribution in [0.1, 0.15) is 39.6 Å². The van der Waals surface area contributed by atoms with Crippen LogP contribution in [0.3, 0.4) is 0 Å². The number of carbonyl (C=O) groups is 3. The van der Waals surface area contributed by atoms with E-state index in [9.17, 15) is 14.4 Å². The fourth-order valence-corrected chi connectivity index (χ4v) is 2.53. The van der Waals surface area contributed by atoms with Crippen molar-refractivity contribution >= 4 is 17.6 Å². The number of rotatable bonds is 7. The van der Waals surface area contributed by atoms with Crippen molar-refractivity contribution in [3.05, 3.63) is 83.4 Å². The molecule has 0 fully saturated rings. The smallest absolute Gasteiger partial charge is 0.261 e. The first-order valence-electron chi connectivity index (χ1n) is 8.38. The van der Waals surface area contributed by atoms with Crippen molar-refractivity contribution < 1.29 is 14.4 Å². The normalized spacial score (nSPS) is 10.2. The van der Waals surface area contributed by atoms with Gasteiger partial charge in [-0.25, -0.2) is 0 Å². The lowest BCUT2D eigenvalue weighted by molar-refractivity contribution is -0.124. The fraction of sp³-hybridized carbons (Fsp3) is 0.190. The van der Waals surface area contributed by atoms with Gasteiger partial charge in [0.2, 0.25) is 0 Å². The molecule has 2 aromatic carbocycles. The van der Waals surface area contributed by atoms with E-state index in [2.05, 4.69) is 6.58 Å². The number of ketones is 1. The van der Waals surface area contributed by atoms with E-state index in [1.54, 1.807) is 55.5 Å². The molecule has 0 aliphatic heterocycles. The van der Waals surface area contributed by atoms with E-state index >= 15 is 0 Å². The van der Waals surface area contributed by atoms with E-state index in [1.807, 2.05) is 6.07 Å². The Hall–Kier alpha value is -3.05. The number of nitrogens with zero attached hydrogens (tertiary/aromatic N) is 1. The molecule has 2 amide bonds. The van der Waals surface area contributed by atoms with Crippen LogP contribution in [0.25, 0.3) is 0 Å². The number of hydrogen-bond acceptors (Lipinski definition) is 4. The first-order chi connectivity index (χ1) is 12.5. The van der Waals surface area contributed by atoms with Crippen molar-refractivity contribution in [3.63, 3.8) is 0 Å². The van der Waals surface area contributed by atoms with Gasteiger partial charge >= 0.3 is 0 Å². The summed E-state index contributed by atoms with van der Waals surface area (Å²) in [6.07, 6.45) is 0.472. The van der Waals surface area contributed by atoms with Crippen LogP contribution in [0.2, 0.25) is 0 Å². The Labute approximate surface area is 153 Å². The minimum absolute atomic E-state index is 0.175. The van der Waals surface area contributed by atoms with Gasteiger partial charge in [0.25, 0.3) is 11.8 Å². The third kappa shape index (κ3) is 4.32. The fourth-order valence-electron chi connectivity index (χ4n) is 2.53. The average Bonchev–Trinajstić information content (AvgIpc) is 2.67. The molecule has 5 nitrogen and oxygen atoms in total. The number of nitrogens with two attached hydrogens (primary N) is 1. The van der Waals surface area contributed by atoms with E-state index in [0.717, 1.165) is 4.90 Å². The molecule has 0 unspecified atom stereocenters. The van der Waals surface area contributed by atoms with Crippen molar-refractivity contribution in [2.24, 2.45) is 5.73 Å². The van der Waals surface area contributed by atoms with Gasteiger partial charge in [-0.15, -0.1) is 0 Å². The van der Waals surface area contributed by atoms with Crippen molar-refractivity contribution in [1.82, 2.24) is 4.90 Å². The predicted molar refractivity (Wildman–Crippen MR) is 101 cm³/mol. The van der Waals surface area contributed by atoms with Gasteiger partial charge in [0, 0.05) is 23.2 Å². The average molecular weight is 350 g/mol. The Morgan fingerprint density at radius 2 is 1.54 bits per heavy atom. The summed E-state index contributed by atoms with van der Waals surface area (Å²) >= 11 is 0. The van der Waals surface area contributed by atoms with Gasteiger partial charge in [0.05, 0.1) is 5.56 Å². The summed E-state index contributed by atoms with van der Waals surface area (Å²) in [6.45, 7) is 5.69. The van der Waals surface area contributed by atoms with Crippen molar-refractivity contribution in [1.29, 1.82) is 0 Å². The molecule has 2 aromatic rings. The Morgan fingerprint density at radius 3 is 2.12 bits per heavy atom. The molecule has 0 aromatic heterocycles. The molecule has 0 spiro atoms. The zero-order valence-corrected chi connectivity index (χ0v) is 14.8. The first kappa shape index (κ1) is 19.3. The Kier molecular flexibility index (Phi) is 6.58. The zero-order valence-electron chi connectivity index (χ0n) is 14.8. The minimum atomic E-state index is -0.522. The second-order valence-electron chi connectivity index (χ2n) is 5.93. The largest absolute Gasteiger partial charge is 0.330 e. The van der Waals surface area contributed by atoms with Gasteiger partial charge < -0.3 is 5.73 Å². The maximum atomic E-state index is 13.0. The van der Waals surface area contributed by atoms with E-state index in [1.165, 1.54) is 0 Å².